The second kappa shape index (κ2) is 4.33. The van der Waals surface area contributed by atoms with Crippen LogP contribution in [-0.2, 0) is 9.84 Å². The normalized spacial score (nSPS) is 17.5. The number of aliphatic imine (C=N–C) groups is 1. The minimum atomic E-state index is -3.36. The highest BCUT2D eigenvalue weighted by atomic mass is 32.2. The lowest BCUT2D eigenvalue weighted by Gasteiger charge is -2.06. The predicted molar refractivity (Wildman–Crippen MR) is 66.8 cm³/mol. The molecule has 0 aromatic heterocycles. The van der Waals surface area contributed by atoms with Crippen LogP contribution in [0.4, 0.5) is 0 Å². The fourth-order valence-corrected chi connectivity index (χ4v) is 2.42. The van der Waals surface area contributed by atoms with Crippen molar-refractivity contribution in [1.29, 1.82) is 0 Å². The number of ether oxygens (including phenoxy) is 1. The van der Waals surface area contributed by atoms with Crippen LogP contribution in [0.25, 0.3) is 0 Å². The van der Waals surface area contributed by atoms with Crippen molar-refractivity contribution < 1.29 is 13.2 Å². The van der Waals surface area contributed by atoms with Crippen LogP contribution < -0.4 is 4.74 Å². The van der Waals surface area contributed by atoms with Crippen molar-refractivity contribution in [3.8, 4) is 5.75 Å². The summed E-state index contributed by atoms with van der Waals surface area (Å²) in [5, 5.41) is 0.0662. The van der Waals surface area contributed by atoms with E-state index >= 15 is 0 Å². The van der Waals surface area contributed by atoms with Gasteiger partial charge in [0.2, 0.25) is 9.84 Å². The van der Waals surface area contributed by atoms with E-state index in [0.717, 1.165) is 5.56 Å². The first-order valence-corrected chi connectivity index (χ1v) is 6.66. The molecule has 5 heteroatoms. The molecule has 4 nitrogen and oxygen atoms in total. The Morgan fingerprint density at radius 2 is 2.06 bits per heavy atom. The molecule has 0 radical (unpaired) electrons. The fraction of sp³-hybridized carbons (Fsp3) is 0.250. The molecule has 17 heavy (non-hydrogen) atoms. The number of allylic oxidation sites excluding steroid dienone is 1. The Kier molecular flexibility index (Phi) is 3.02. The van der Waals surface area contributed by atoms with Gasteiger partial charge in [0.05, 0.1) is 4.91 Å². The number of benzene rings is 1. The Morgan fingerprint density at radius 3 is 2.65 bits per heavy atom. The van der Waals surface area contributed by atoms with Crippen molar-refractivity contribution in [2.75, 3.05) is 6.61 Å². The Bertz CT molecular complexity index is 600. The van der Waals surface area contributed by atoms with Crippen molar-refractivity contribution in [1.82, 2.24) is 0 Å². The van der Waals surface area contributed by atoms with Crippen LogP contribution in [0.1, 0.15) is 12.5 Å². The molecule has 1 aromatic carbocycles. The maximum absolute atomic E-state index is 11.7. The van der Waals surface area contributed by atoms with Crippen molar-refractivity contribution in [3.63, 3.8) is 0 Å². The number of hydrogen-bond acceptors (Lipinski definition) is 4. The van der Waals surface area contributed by atoms with Crippen LogP contribution in [-0.4, -0.2) is 20.1 Å². The zero-order valence-electron chi connectivity index (χ0n) is 9.67. The molecule has 2 rings (SSSR count). The minimum absolute atomic E-state index is 0.0281. The van der Waals surface area contributed by atoms with Gasteiger partial charge in [-0.1, -0.05) is 12.1 Å². The van der Waals surface area contributed by atoms with Gasteiger partial charge in [0.15, 0.2) is 5.04 Å². The summed E-state index contributed by atoms with van der Waals surface area (Å²) in [5.41, 5.74) is 1.06. The highest BCUT2D eigenvalue weighted by Gasteiger charge is 2.26. The SMILES string of the molecule is CC1=CN=C(COc2cccc(C)c2)S1(=O)=O. The van der Waals surface area contributed by atoms with Gasteiger partial charge < -0.3 is 4.74 Å². The number of nitrogens with zero attached hydrogens (tertiary/aromatic N) is 1. The summed E-state index contributed by atoms with van der Waals surface area (Å²) in [7, 11) is -3.36. The zero-order valence-corrected chi connectivity index (χ0v) is 10.5. The summed E-state index contributed by atoms with van der Waals surface area (Å²) >= 11 is 0. The van der Waals surface area contributed by atoms with Gasteiger partial charge in [0, 0.05) is 6.20 Å². The second-order valence-corrected chi connectivity index (χ2v) is 5.99. The van der Waals surface area contributed by atoms with Gasteiger partial charge in [0.25, 0.3) is 0 Å². The lowest BCUT2D eigenvalue weighted by molar-refractivity contribution is 0.378. The standard InChI is InChI=1S/C12H13NO3S/c1-9-4-3-5-11(6-9)16-8-12-13-7-10(2)17(12,14)15/h3-7H,8H2,1-2H3. The highest BCUT2D eigenvalue weighted by Crippen LogP contribution is 2.18. The molecule has 0 N–H and O–H groups in total. The summed E-state index contributed by atoms with van der Waals surface area (Å²) in [6.45, 7) is 3.44. The summed E-state index contributed by atoms with van der Waals surface area (Å²) in [6, 6.07) is 7.44. The first-order valence-electron chi connectivity index (χ1n) is 5.18. The number of hydrogen-bond donors (Lipinski definition) is 0. The maximum atomic E-state index is 11.7. The van der Waals surface area contributed by atoms with Gasteiger partial charge in [0.1, 0.15) is 12.4 Å². The van der Waals surface area contributed by atoms with Crippen LogP contribution in [0.5, 0.6) is 5.75 Å². The molecule has 1 heterocycles. The Hall–Kier alpha value is -1.62. The largest absolute Gasteiger partial charge is 0.487 e. The molecule has 1 aliphatic rings. The van der Waals surface area contributed by atoms with Crippen molar-refractivity contribution in [2.24, 2.45) is 4.99 Å². The maximum Gasteiger partial charge on any atom is 0.220 e. The predicted octanol–water partition coefficient (Wildman–Crippen LogP) is 2.06. The lowest BCUT2D eigenvalue weighted by atomic mass is 10.2. The van der Waals surface area contributed by atoms with E-state index in [-0.39, 0.29) is 16.6 Å². The van der Waals surface area contributed by atoms with Gasteiger partial charge in [-0.25, -0.2) is 13.4 Å². The van der Waals surface area contributed by atoms with Crippen LogP contribution in [0, 0.1) is 6.92 Å². The van der Waals surface area contributed by atoms with E-state index in [1.54, 1.807) is 6.07 Å². The molecule has 0 saturated carbocycles. The van der Waals surface area contributed by atoms with Crippen LogP contribution in [0.3, 0.4) is 0 Å². The molecule has 0 amide bonds. The summed E-state index contributed by atoms with van der Waals surface area (Å²) in [5.74, 6) is 0.646. The first kappa shape index (κ1) is 11.9. The average molecular weight is 251 g/mol. The summed E-state index contributed by atoms with van der Waals surface area (Å²) < 4.78 is 28.8. The van der Waals surface area contributed by atoms with E-state index in [2.05, 4.69) is 4.99 Å². The zero-order chi connectivity index (χ0) is 12.5. The third-order valence-corrected chi connectivity index (χ3v) is 4.27. The quantitative estimate of drug-likeness (QED) is 0.826. The van der Waals surface area contributed by atoms with Gasteiger partial charge >= 0.3 is 0 Å². The topological polar surface area (TPSA) is 55.7 Å². The second-order valence-electron chi connectivity index (χ2n) is 3.87. The first-order chi connectivity index (χ1) is 8.00. The molecule has 0 aliphatic carbocycles. The average Bonchev–Trinajstić information content (AvgIpc) is 2.52. The van der Waals surface area contributed by atoms with Crippen molar-refractivity contribution in [3.05, 3.63) is 40.9 Å². The molecule has 0 fully saturated rings. The molecule has 0 bridgehead atoms. The van der Waals surface area contributed by atoms with E-state index in [9.17, 15) is 8.42 Å². The number of rotatable bonds is 3. The molecule has 1 aromatic rings. The van der Waals surface area contributed by atoms with Gasteiger partial charge in [-0.05, 0) is 31.5 Å². The van der Waals surface area contributed by atoms with Gasteiger partial charge in [-0.2, -0.15) is 0 Å². The lowest BCUT2D eigenvalue weighted by Crippen LogP contribution is -2.19. The molecule has 0 spiro atoms. The Labute approximate surface area is 101 Å². The molecular formula is C12H13NO3S. The van der Waals surface area contributed by atoms with Gasteiger partial charge in [-0.3, -0.25) is 0 Å². The molecule has 1 aliphatic heterocycles. The Morgan fingerprint density at radius 1 is 1.29 bits per heavy atom. The molecule has 0 saturated heterocycles. The summed E-state index contributed by atoms with van der Waals surface area (Å²) in [6.07, 6.45) is 1.35. The summed E-state index contributed by atoms with van der Waals surface area (Å²) in [4.78, 5) is 4.11. The molecule has 0 unspecified atom stereocenters. The number of sulfone groups is 1. The minimum Gasteiger partial charge on any atom is -0.487 e. The molecule has 0 atom stereocenters. The monoisotopic (exact) mass is 251 g/mol. The van der Waals surface area contributed by atoms with Crippen molar-refractivity contribution >= 4 is 14.9 Å². The fourth-order valence-electron chi connectivity index (χ4n) is 1.45. The van der Waals surface area contributed by atoms with E-state index in [0.29, 0.717) is 5.75 Å². The third-order valence-electron chi connectivity index (χ3n) is 2.48. The number of aryl methyl sites for hydroxylation is 1. The van der Waals surface area contributed by atoms with E-state index in [1.807, 2.05) is 25.1 Å². The van der Waals surface area contributed by atoms with Crippen LogP contribution in [0.2, 0.25) is 0 Å². The highest BCUT2D eigenvalue weighted by molar-refractivity contribution is 8.10. The van der Waals surface area contributed by atoms with E-state index in [4.69, 9.17) is 4.74 Å². The smallest absolute Gasteiger partial charge is 0.220 e. The van der Waals surface area contributed by atoms with Crippen LogP contribution in [0.15, 0.2) is 40.4 Å². The molecular weight excluding hydrogens is 238 g/mol. The molecule has 90 valence electrons. The van der Waals surface area contributed by atoms with Crippen molar-refractivity contribution in [2.45, 2.75) is 13.8 Å². The van der Waals surface area contributed by atoms with Crippen LogP contribution >= 0.6 is 0 Å². The Balaban J connectivity index is 2.07. The van der Waals surface area contributed by atoms with E-state index < -0.39 is 9.84 Å². The van der Waals surface area contributed by atoms with E-state index in [1.165, 1.54) is 13.1 Å². The third kappa shape index (κ3) is 2.39. The van der Waals surface area contributed by atoms with Gasteiger partial charge in [-0.15, -0.1) is 0 Å².